The van der Waals surface area contributed by atoms with Crippen molar-refractivity contribution >= 4 is 12.6 Å². The van der Waals surface area contributed by atoms with Crippen LogP contribution >= 0.6 is 12.6 Å². The molecular weight excluding hydrogens is 362 g/mol. The maximum Gasteiger partial charge on any atom is 0.258 e. The molecule has 0 amide bonds. The summed E-state index contributed by atoms with van der Waals surface area (Å²) < 4.78 is 7.40. The lowest BCUT2D eigenvalue weighted by molar-refractivity contribution is 0.422. The molecule has 0 bridgehead atoms. The number of hydrogen-bond donors (Lipinski definition) is 1. The number of hydrogen-bond acceptors (Lipinski definition) is 8. The largest absolute Gasteiger partial charge is 0.334 e. The maximum absolute atomic E-state index is 5.41. The van der Waals surface area contributed by atoms with Gasteiger partial charge in [0, 0.05) is 42.0 Å². The fourth-order valence-electron chi connectivity index (χ4n) is 2.80. The van der Waals surface area contributed by atoms with E-state index < -0.39 is 5.25 Å². The Labute approximate surface area is 161 Å². The van der Waals surface area contributed by atoms with Gasteiger partial charge in [0.05, 0.1) is 0 Å². The van der Waals surface area contributed by atoms with Crippen LogP contribution in [-0.4, -0.2) is 34.9 Å². The van der Waals surface area contributed by atoms with Crippen LogP contribution in [0.25, 0.3) is 22.8 Å². The Bertz CT molecular complexity index is 1060. The fourth-order valence-corrected chi connectivity index (χ4v) is 3.10. The molecule has 0 aliphatic rings. The molecule has 136 valence electrons. The van der Waals surface area contributed by atoms with Gasteiger partial charge in [0.2, 0.25) is 0 Å². The van der Waals surface area contributed by atoms with E-state index in [1.54, 1.807) is 18.6 Å². The normalized spacial score (nSPS) is 12.3. The molecule has 0 aromatic carbocycles. The summed E-state index contributed by atoms with van der Waals surface area (Å²) >= 11 is 4.67. The number of aromatic nitrogens is 7. The van der Waals surface area contributed by atoms with Crippen molar-refractivity contribution in [3.63, 3.8) is 0 Å². The monoisotopic (exact) mass is 379 g/mol. The third-order valence-corrected chi connectivity index (χ3v) is 4.57. The standard InChI is InChI=1S/C18H17N7OS/c1-3-25-16(12-4-7-19-8-5-12)22-23-17(25)14(27)15-21-18(26-24-15)13-6-9-20-11(2)10-13/h4-10,14,27H,3H2,1-2H3. The zero-order valence-electron chi connectivity index (χ0n) is 14.8. The van der Waals surface area contributed by atoms with E-state index in [-0.39, 0.29) is 0 Å². The van der Waals surface area contributed by atoms with E-state index in [4.69, 9.17) is 4.52 Å². The van der Waals surface area contributed by atoms with Gasteiger partial charge in [0.1, 0.15) is 5.25 Å². The van der Waals surface area contributed by atoms with Crippen molar-refractivity contribution in [2.45, 2.75) is 25.6 Å². The summed E-state index contributed by atoms with van der Waals surface area (Å²) in [6.45, 7) is 4.62. The van der Waals surface area contributed by atoms with Crippen molar-refractivity contribution in [2.75, 3.05) is 0 Å². The molecule has 9 heteroatoms. The Kier molecular flexibility index (Phi) is 4.68. The van der Waals surface area contributed by atoms with Gasteiger partial charge in [-0.2, -0.15) is 17.6 Å². The first-order valence-electron chi connectivity index (χ1n) is 8.45. The van der Waals surface area contributed by atoms with Crippen LogP contribution < -0.4 is 0 Å². The van der Waals surface area contributed by atoms with Crippen LogP contribution in [0.5, 0.6) is 0 Å². The summed E-state index contributed by atoms with van der Waals surface area (Å²) in [7, 11) is 0. The molecular formula is C18H17N7OS. The highest BCUT2D eigenvalue weighted by molar-refractivity contribution is 7.80. The van der Waals surface area contributed by atoms with Gasteiger partial charge in [-0.15, -0.1) is 10.2 Å². The van der Waals surface area contributed by atoms with Crippen LogP contribution in [0.3, 0.4) is 0 Å². The van der Waals surface area contributed by atoms with Gasteiger partial charge >= 0.3 is 0 Å². The summed E-state index contributed by atoms with van der Waals surface area (Å²) in [6, 6.07) is 7.51. The van der Waals surface area contributed by atoms with Crippen molar-refractivity contribution in [1.29, 1.82) is 0 Å². The van der Waals surface area contributed by atoms with E-state index in [0.29, 0.717) is 24.1 Å². The van der Waals surface area contributed by atoms with Crippen LogP contribution in [0.1, 0.15) is 29.5 Å². The molecule has 4 aromatic rings. The highest BCUT2D eigenvalue weighted by Gasteiger charge is 2.24. The number of thiol groups is 1. The molecule has 0 radical (unpaired) electrons. The fraction of sp³-hybridized carbons (Fsp3) is 0.222. The minimum Gasteiger partial charge on any atom is -0.334 e. The van der Waals surface area contributed by atoms with Crippen LogP contribution in [0.2, 0.25) is 0 Å². The molecule has 0 spiro atoms. The first kappa shape index (κ1) is 17.3. The third kappa shape index (κ3) is 3.33. The minimum atomic E-state index is -0.464. The second-order valence-electron chi connectivity index (χ2n) is 5.91. The van der Waals surface area contributed by atoms with Gasteiger partial charge in [-0.1, -0.05) is 5.16 Å². The first-order valence-corrected chi connectivity index (χ1v) is 8.97. The van der Waals surface area contributed by atoms with Gasteiger partial charge in [0.15, 0.2) is 17.5 Å². The number of nitrogens with zero attached hydrogens (tertiary/aromatic N) is 7. The molecule has 1 atom stereocenters. The van der Waals surface area contributed by atoms with Gasteiger partial charge in [-0.25, -0.2) is 0 Å². The lowest BCUT2D eigenvalue weighted by Gasteiger charge is -2.10. The SMILES string of the molecule is CCn1c(-c2ccncc2)nnc1C(S)c1noc(-c2ccnc(C)c2)n1. The van der Waals surface area contributed by atoms with Crippen LogP contribution in [0.4, 0.5) is 0 Å². The van der Waals surface area contributed by atoms with Crippen molar-refractivity contribution in [3.8, 4) is 22.8 Å². The zero-order valence-corrected chi connectivity index (χ0v) is 15.7. The molecule has 0 fully saturated rings. The smallest absolute Gasteiger partial charge is 0.258 e. The van der Waals surface area contributed by atoms with Crippen molar-refractivity contribution in [1.82, 2.24) is 34.9 Å². The molecule has 0 saturated carbocycles. The van der Waals surface area contributed by atoms with E-state index in [9.17, 15) is 0 Å². The zero-order chi connectivity index (χ0) is 18.8. The topological polar surface area (TPSA) is 95.4 Å². The summed E-state index contributed by atoms with van der Waals surface area (Å²) in [4.78, 5) is 12.7. The molecule has 4 heterocycles. The average Bonchev–Trinajstić information content (AvgIpc) is 3.35. The Morgan fingerprint density at radius 2 is 1.89 bits per heavy atom. The molecule has 0 aliphatic carbocycles. The van der Waals surface area contributed by atoms with Gasteiger partial charge in [-0.05, 0) is 38.1 Å². The molecule has 4 aromatic heterocycles. The molecule has 1 unspecified atom stereocenters. The highest BCUT2D eigenvalue weighted by Crippen LogP contribution is 2.29. The number of pyridine rings is 2. The molecule has 0 saturated heterocycles. The Morgan fingerprint density at radius 1 is 1.11 bits per heavy atom. The van der Waals surface area contributed by atoms with Crippen molar-refractivity contribution in [3.05, 3.63) is 60.2 Å². The summed E-state index contributed by atoms with van der Waals surface area (Å²) in [5, 5.41) is 12.3. The number of aryl methyl sites for hydroxylation is 1. The first-order chi connectivity index (χ1) is 13.2. The maximum atomic E-state index is 5.41. The van der Waals surface area contributed by atoms with Gasteiger partial charge < -0.3 is 9.09 Å². The predicted molar refractivity (Wildman–Crippen MR) is 102 cm³/mol. The minimum absolute atomic E-state index is 0.423. The Hall–Kier alpha value is -3.07. The quantitative estimate of drug-likeness (QED) is 0.532. The van der Waals surface area contributed by atoms with Crippen LogP contribution in [-0.2, 0) is 6.54 Å². The lowest BCUT2D eigenvalue weighted by atomic mass is 10.2. The van der Waals surface area contributed by atoms with Gasteiger partial charge in [-0.3, -0.25) is 9.97 Å². The summed E-state index contributed by atoms with van der Waals surface area (Å²) in [5.74, 6) is 2.27. The second-order valence-corrected chi connectivity index (χ2v) is 6.42. The summed E-state index contributed by atoms with van der Waals surface area (Å²) in [5.41, 5.74) is 2.63. The average molecular weight is 379 g/mol. The van der Waals surface area contributed by atoms with Crippen molar-refractivity contribution < 1.29 is 4.52 Å². The van der Waals surface area contributed by atoms with Crippen LogP contribution in [0, 0.1) is 6.92 Å². The summed E-state index contributed by atoms with van der Waals surface area (Å²) in [6.07, 6.45) is 5.16. The third-order valence-electron chi connectivity index (χ3n) is 4.11. The molecule has 0 aliphatic heterocycles. The molecule has 4 rings (SSSR count). The van der Waals surface area contributed by atoms with E-state index >= 15 is 0 Å². The van der Waals surface area contributed by atoms with E-state index in [2.05, 4.69) is 42.9 Å². The van der Waals surface area contributed by atoms with E-state index in [1.807, 2.05) is 42.7 Å². The van der Waals surface area contributed by atoms with Crippen LogP contribution in [0.15, 0.2) is 47.4 Å². The Morgan fingerprint density at radius 3 is 2.63 bits per heavy atom. The molecule has 27 heavy (non-hydrogen) atoms. The lowest BCUT2D eigenvalue weighted by Crippen LogP contribution is -2.08. The molecule has 8 nitrogen and oxygen atoms in total. The van der Waals surface area contributed by atoms with Gasteiger partial charge in [0.25, 0.3) is 5.89 Å². The van der Waals surface area contributed by atoms with Crippen molar-refractivity contribution in [2.24, 2.45) is 0 Å². The van der Waals surface area contributed by atoms with E-state index in [1.165, 1.54) is 0 Å². The second kappa shape index (κ2) is 7.28. The Balaban J connectivity index is 1.68. The number of rotatable bonds is 5. The highest BCUT2D eigenvalue weighted by atomic mass is 32.1. The predicted octanol–water partition coefficient (Wildman–Crippen LogP) is 3.13. The molecule has 0 N–H and O–H groups in total. The van der Waals surface area contributed by atoms with E-state index in [0.717, 1.165) is 22.6 Å².